The number of hydrogen-bond donors (Lipinski definition) is 3. The number of carbonyl (C=O) groups excluding carboxylic acids is 2. The first-order valence-electron chi connectivity index (χ1n) is 10.5. The summed E-state index contributed by atoms with van der Waals surface area (Å²) in [7, 11) is -0.0220. The fraction of sp³-hybridized carbons (Fsp3) is 0.400. The summed E-state index contributed by atoms with van der Waals surface area (Å²) in [5, 5.41) is 32.1. The number of β-lactam (4-membered cyclic amide) rings is 1. The zero-order valence-corrected chi connectivity index (χ0v) is 21.1. The van der Waals surface area contributed by atoms with Crippen molar-refractivity contribution in [3.8, 4) is 5.75 Å². The number of aryl methyl sites for hydroxylation is 1. The van der Waals surface area contributed by atoms with Crippen LogP contribution in [0.2, 0.25) is 0 Å². The number of carbonyl (C=O) groups is 3. The average molecular weight is 539 g/mol. The highest BCUT2D eigenvalue weighted by molar-refractivity contribution is 8.01. The van der Waals surface area contributed by atoms with E-state index in [1.165, 1.54) is 57.4 Å². The molecule has 12 nitrogen and oxygen atoms in total. The summed E-state index contributed by atoms with van der Waals surface area (Å²) in [6.45, 7) is 1.72. The van der Waals surface area contributed by atoms with Crippen LogP contribution in [0.4, 0.5) is 0 Å². The van der Waals surface area contributed by atoms with Crippen LogP contribution in [0.25, 0.3) is 0 Å². The van der Waals surface area contributed by atoms with Crippen LogP contribution in [0.1, 0.15) is 13.3 Å². The Labute approximate surface area is 211 Å². The van der Waals surface area contributed by atoms with E-state index in [9.17, 15) is 28.8 Å². The van der Waals surface area contributed by atoms with Crippen LogP contribution < -0.4 is 5.32 Å². The molecule has 2 aromatic rings. The van der Waals surface area contributed by atoms with E-state index in [1.54, 1.807) is 14.0 Å². The molecule has 4 atom stereocenters. The van der Waals surface area contributed by atoms with Gasteiger partial charge in [0.05, 0.1) is 10.8 Å². The van der Waals surface area contributed by atoms with E-state index in [4.69, 9.17) is 0 Å². The molecular formula is C20H22N6O6S3. The lowest BCUT2D eigenvalue weighted by Gasteiger charge is -2.49. The van der Waals surface area contributed by atoms with Crippen molar-refractivity contribution in [3.05, 3.63) is 35.5 Å². The number of hydrogen-bond acceptors (Lipinski definition) is 10. The number of nitrogens with one attached hydrogen (secondary N) is 1. The van der Waals surface area contributed by atoms with Gasteiger partial charge in [-0.25, -0.2) is 9.48 Å². The molecule has 0 saturated carbocycles. The molecule has 3 unspecified atom stereocenters. The van der Waals surface area contributed by atoms with Crippen molar-refractivity contribution in [2.45, 2.75) is 40.1 Å². The monoisotopic (exact) mass is 538 g/mol. The summed E-state index contributed by atoms with van der Waals surface area (Å²) in [5.41, 5.74) is 0.469. The summed E-state index contributed by atoms with van der Waals surface area (Å²) < 4.78 is 14.4. The highest BCUT2D eigenvalue weighted by Crippen LogP contribution is 2.41. The third-order valence-corrected chi connectivity index (χ3v) is 9.73. The zero-order chi connectivity index (χ0) is 25.3. The number of nitrogens with zero attached hydrogens (tertiary/aromatic N) is 5. The number of phenolic OH excluding ortho intramolecular Hbond substituents is 1. The lowest BCUT2D eigenvalue weighted by Crippen LogP contribution is -2.71. The number of fused-ring (bicyclic) bond motifs is 1. The summed E-state index contributed by atoms with van der Waals surface area (Å²) in [5.74, 6) is -1.63. The Morgan fingerprint density at radius 2 is 2.06 bits per heavy atom. The third-order valence-electron chi connectivity index (χ3n) is 5.50. The van der Waals surface area contributed by atoms with E-state index < -0.39 is 45.2 Å². The molecule has 3 N–H and O–H groups in total. The average Bonchev–Trinajstić information content (AvgIpc) is 3.25. The lowest BCUT2D eigenvalue weighted by molar-refractivity contribution is -0.150. The number of carboxylic acid groups (broad SMARTS) is 1. The molecule has 1 aromatic carbocycles. The van der Waals surface area contributed by atoms with Gasteiger partial charge in [0.25, 0.3) is 5.91 Å². The number of carboxylic acids is 1. The van der Waals surface area contributed by atoms with Crippen molar-refractivity contribution in [2.24, 2.45) is 7.05 Å². The Kier molecular flexibility index (Phi) is 7.47. The lowest BCUT2D eigenvalue weighted by atomic mass is 10.0. The number of aromatic hydroxyl groups is 1. The zero-order valence-electron chi connectivity index (χ0n) is 18.7. The van der Waals surface area contributed by atoms with Crippen LogP contribution >= 0.6 is 23.5 Å². The fourth-order valence-corrected chi connectivity index (χ4v) is 7.35. The minimum Gasteiger partial charge on any atom is -0.508 e. The van der Waals surface area contributed by atoms with Crippen LogP contribution in [-0.2, 0) is 32.2 Å². The van der Waals surface area contributed by atoms with Gasteiger partial charge in [-0.05, 0) is 46.7 Å². The summed E-state index contributed by atoms with van der Waals surface area (Å²) in [6.07, 6.45) is 0.264. The number of tetrazole rings is 1. The van der Waals surface area contributed by atoms with Crippen molar-refractivity contribution in [3.63, 3.8) is 0 Å². The van der Waals surface area contributed by atoms with Gasteiger partial charge in [0, 0.05) is 23.4 Å². The predicted octanol–water partition coefficient (Wildman–Crippen LogP) is 0.333. The first-order chi connectivity index (χ1) is 16.7. The van der Waals surface area contributed by atoms with Crippen LogP contribution in [-0.4, -0.2) is 85.5 Å². The van der Waals surface area contributed by atoms with Gasteiger partial charge in [-0.15, -0.1) is 16.9 Å². The molecule has 1 saturated heterocycles. The second kappa shape index (κ2) is 10.4. The van der Waals surface area contributed by atoms with Gasteiger partial charge in [0.1, 0.15) is 28.1 Å². The number of rotatable bonds is 9. The molecule has 0 aliphatic carbocycles. The Morgan fingerprint density at radius 3 is 2.66 bits per heavy atom. The van der Waals surface area contributed by atoms with Gasteiger partial charge in [-0.2, -0.15) is 0 Å². The highest BCUT2D eigenvalue weighted by atomic mass is 32.2. The molecular weight excluding hydrogens is 516 g/mol. The minimum atomic E-state index is -1.69. The molecule has 1 fully saturated rings. The maximum Gasteiger partial charge on any atom is 0.352 e. The molecule has 4 rings (SSSR count). The first-order valence-corrected chi connectivity index (χ1v) is 13.7. The third kappa shape index (κ3) is 4.92. The van der Waals surface area contributed by atoms with E-state index in [0.29, 0.717) is 27.1 Å². The summed E-state index contributed by atoms with van der Waals surface area (Å²) >= 11 is 2.62. The predicted molar refractivity (Wildman–Crippen MR) is 128 cm³/mol. The largest absolute Gasteiger partial charge is 0.508 e. The standard InChI is InChI=1S/C20H22N6O6S3/c1-3-13(35(32)12-6-4-11(27)5-7-12)16(28)21-14-17(29)26-15(19(30)31)10(8-33-18(14)26)9-34-20-22-23-24-25(20)2/h4-7,13-14,18,27H,3,8-9H2,1-2H3,(H,21,28)(H,30,31)/t13?,14?,18-,35?/m0/s1. The van der Waals surface area contributed by atoms with Crippen LogP contribution in [0.5, 0.6) is 5.75 Å². The second-order valence-electron chi connectivity index (χ2n) is 7.72. The summed E-state index contributed by atoms with van der Waals surface area (Å²) in [4.78, 5) is 39.5. The van der Waals surface area contributed by atoms with E-state index >= 15 is 0 Å². The highest BCUT2D eigenvalue weighted by Gasteiger charge is 2.54. The number of thioether (sulfide) groups is 2. The van der Waals surface area contributed by atoms with E-state index in [-0.39, 0.29) is 17.9 Å². The fourth-order valence-electron chi connectivity index (χ4n) is 3.71. The number of amides is 2. The van der Waals surface area contributed by atoms with Crippen molar-refractivity contribution in [1.82, 2.24) is 30.4 Å². The number of aromatic nitrogens is 4. The molecule has 2 aliphatic heterocycles. The second-order valence-corrected chi connectivity index (χ2v) is 11.4. The van der Waals surface area contributed by atoms with Gasteiger partial charge in [-0.1, -0.05) is 18.7 Å². The Hall–Kier alpha value is -2.91. The topological polar surface area (TPSA) is 168 Å². The van der Waals surface area contributed by atoms with Gasteiger partial charge in [0.15, 0.2) is 0 Å². The molecule has 3 heterocycles. The number of benzene rings is 1. The molecule has 0 bridgehead atoms. The maximum atomic E-state index is 12.9. The SMILES string of the molecule is CCC(C(=O)NC1C(=O)N2C(C(=O)O)=C(CSc3nnnn3C)CS[C@@H]12)S(=O)c1ccc(O)cc1. The van der Waals surface area contributed by atoms with Gasteiger partial charge in [-0.3, -0.25) is 18.7 Å². The van der Waals surface area contributed by atoms with Gasteiger partial charge >= 0.3 is 5.97 Å². The van der Waals surface area contributed by atoms with E-state index in [1.807, 2.05) is 0 Å². The van der Waals surface area contributed by atoms with E-state index in [0.717, 1.165) is 0 Å². The van der Waals surface area contributed by atoms with Crippen molar-refractivity contribution in [1.29, 1.82) is 0 Å². The molecule has 1 aromatic heterocycles. The molecule has 2 amide bonds. The summed E-state index contributed by atoms with van der Waals surface area (Å²) in [6, 6.07) is 4.83. The molecule has 35 heavy (non-hydrogen) atoms. The van der Waals surface area contributed by atoms with E-state index in [2.05, 4.69) is 20.8 Å². The van der Waals surface area contributed by atoms with Crippen LogP contribution in [0.15, 0.2) is 45.6 Å². The Balaban J connectivity index is 1.46. The minimum absolute atomic E-state index is 0.0195. The molecule has 2 aliphatic rings. The first kappa shape index (κ1) is 25.2. The Morgan fingerprint density at radius 1 is 1.34 bits per heavy atom. The van der Waals surface area contributed by atoms with Crippen LogP contribution in [0.3, 0.4) is 0 Å². The Bertz CT molecular complexity index is 1220. The quantitative estimate of drug-likeness (QED) is 0.297. The molecule has 186 valence electrons. The number of aliphatic carboxylic acids is 1. The van der Waals surface area contributed by atoms with Gasteiger partial charge < -0.3 is 15.5 Å². The van der Waals surface area contributed by atoms with Crippen molar-refractivity contribution < 1.29 is 28.8 Å². The normalized spacial score (nSPS) is 21.2. The maximum absolute atomic E-state index is 12.9. The van der Waals surface area contributed by atoms with Crippen molar-refractivity contribution >= 4 is 52.1 Å². The van der Waals surface area contributed by atoms with Gasteiger partial charge in [0.2, 0.25) is 11.1 Å². The molecule has 0 spiro atoms. The molecule has 0 radical (unpaired) electrons. The smallest absolute Gasteiger partial charge is 0.352 e. The molecule has 15 heteroatoms. The number of phenols is 1. The van der Waals surface area contributed by atoms with Crippen LogP contribution in [0, 0.1) is 0 Å². The van der Waals surface area contributed by atoms with Crippen molar-refractivity contribution in [2.75, 3.05) is 11.5 Å².